The van der Waals surface area contributed by atoms with Gasteiger partial charge in [0.25, 0.3) is 0 Å². The summed E-state index contributed by atoms with van der Waals surface area (Å²) >= 11 is 0. The van der Waals surface area contributed by atoms with Crippen LogP contribution in [0.15, 0.2) is 0 Å². The fourth-order valence-electron chi connectivity index (χ4n) is 2.52. The summed E-state index contributed by atoms with van der Waals surface area (Å²) in [5, 5.41) is 6.64. The van der Waals surface area contributed by atoms with Crippen molar-refractivity contribution in [3.8, 4) is 0 Å². The van der Waals surface area contributed by atoms with Crippen LogP contribution in [0.5, 0.6) is 0 Å². The number of hydrogen-bond acceptors (Lipinski definition) is 5. The van der Waals surface area contributed by atoms with E-state index in [-0.39, 0.29) is 0 Å². The minimum atomic E-state index is 0.589. The fraction of sp³-hybridized carbons (Fsp3) is 0.733. The molecule has 0 amide bonds. The van der Waals surface area contributed by atoms with E-state index in [4.69, 9.17) is 4.74 Å². The Morgan fingerprint density at radius 3 is 2.75 bits per heavy atom. The summed E-state index contributed by atoms with van der Waals surface area (Å²) in [6.45, 7) is 6.90. The first-order chi connectivity index (χ1) is 9.74. The van der Waals surface area contributed by atoms with Gasteiger partial charge in [-0.2, -0.15) is 0 Å². The fourth-order valence-corrected chi connectivity index (χ4v) is 2.52. The number of anilines is 2. The van der Waals surface area contributed by atoms with E-state index in [9.17, 15) is 0 Å². The molecule has 0 radical (unpaired) electrons. The Morgan fingerprint density at radius 1 is 1.30 bits per heavy atom. The maximum absolute atomic E-state index is 5.52. The average Bonchev–Trinajstić information content (AvgIpc) is 2.48. The topological polar surface area (TPSA) is 59.1 Å². The Morgan fingerprint density at radius 2 is 2.10 bits per heavy atom. The van der Waals surface area contributed by atoms with Crippen LogP contribution in [0.3, 0.4) is 0 Å². The van der Waals surface area contributed by atoms with Crippen LogP contribution in [-0.4, -0.2) is 36.8 Å². The third kappa shape index (κ3) is 3.82. The first-order valence-corrected chi connectivity index (χ1v) is 7.61. The van der Waals surface area contributed by atoms with Crippen LogP contribution in [0.2, 0.25) is 0 Å². The van der Waals surface area contributed by atoms with E-state index in [0.717, 1.165) is 62.0 Å². The third-order valence-corrected chi connectivity index (χ3v) is 3.72. The molecule has 0 saturated carbocycles. The second kappa shape index (κ2) is 7.43. The summed E-state index contributed by atoms with van der Waals surface area (Å²) in [6, 6.07) is 0. The average molecular weight is 278 g/mol. The summed E-state index contributed by atoms with van der Waals surface area (Å²) in [7, 11) is 1.91. The van der Waals surface area contributed by atoms with Gasteiger partial charge in [-0.15, -0.1) is 0 Å². The predicted molar refractivity (Wildman–Crippen MR) is 82.3 cm³/mol. The summed E-state index contributed by atoms with van der Waals surface area (Å²) in [6.07, 6.45) is 4.37. The van der Waals surface area contributed by atoms with Crippen molar-refractivity contribution in [2.24, 2.45) is 5.92 Å². The number of rotatable bonds is 6. The zero-order valence-electron chi connectivity index (χ0n) is 12.8. The van der Waals surface area contributed by atoms with E-state index in [1.165, 1.54) is 6.42 Å². The third-order valence-electron chi connectivity index (χ3n) is 3.72. The molecule has 2 rings (SSSR count). The molecule has 1 saturated heterocycles. The summed E-state index contributed by atoms with van der Waals surface area (Å²) in [4.78, 5) is 9.20. The van der Waals surface area contributed by atoms with Crippen molar-refractivity contribution in [1.29, 1.82) is 0 Å². The van der Waals surface area contributed by atoms with Crippen LogP contribution < -0.4 is 10.6 Å². The molecule has 0 aliphatic carbocycles. The van der Waals surface area contributed by atoms with Crippen LogP contribution in [0.1, 0.15) is 37.6 Å². The zero-order chi connectivity index (χ0) is 14.4. The molecule has 1 aliphatic heterocycles. The van der Waals surface area contributed by atoms with Crippen molar-refractivity contribution >= 4 is 11.6 Å². The standard InChI is InChI=1S/C15H26N4O/c1-4-6-13-18-14(16-3)11(2)15(19-13)17-9-12-7-5-8-20-10-12/h12H,4-10H2,1-3H3,(H2,16,17,18,19). The Kier molecular flexibility index (Phi) is 5.59. The first-order valence-electron chi connectivity index (χ1n) is 7.61. The van der Waals surface area contributed by atoms with Gasteiger partial charge in [-0.3, -0.25) is 0 Å². The predicted octanol–water partition coefficient (Wildman–Crippen LogP) is 2.62. The van der Waals surface area contributed by atoms with E-state index in [1.807, 2.05) is 7.05 Å². The summed E-state index contributed by atoms with van der Waals surface area (Å²) in [5.41, 5.74) is 1.09. The molecule has 1 unspecified atom stereocenters. The highest BCUT2D eigenvalue weighted by atomic mass is 16.5. The van der Waals surface area contributed by atoms with Crippen molar-refractivity contribution in [2.45, 2.75) is 39.5 Å². The number of aryl methyl sites for hydroxylation is 1. The van der Waals surface area contributed by atoms with Crippen LogP contribution in [0.25, 0.3) is 0 Å². The molecule has 1 aliphatic rings. The lowest BCUT2D eigenvalue weighted by atomic mass is 10.0. The minimum Gasteiger partial charge on any atom is -0.381 e. The summed E-state index contributed by atoms with van der Waals surface area (Å²) in [5.74, 6) is 3.37. The van der Waals surface area contributed by atoms with Gasteiger partial charge in [-0.05, 0) is 32.1 Å². The largest absolute Gasteiger partial charge is 0.381 e. The molecule has 1 aromatic rings. The molecule has 2 heterocycles. The molecule has 1 fully saturated rings. The van der Waals surface area contributed by atoms with E-state index in [1.54, 1.807) is 0 Å². The lowest BCUT2D eigenvalue weighted by Gasteiger charge is -2.23. The van der Waals surface area contributed by atoms with Gasteiger partial charge in [-0.25, -0.2) is 9.97 Å². The minimum absolute atomic E-state index is 0.589. The van der Waals surface area contributed by atoms with Gasteiger partial charge in [0, 0.05) is 32.2 Å². The zero-order valence-corrected chi connectivity index (χ0v) is 12.8. The van der Waals surface area contributed by atoms with Crippen LogP contribution >= 0.6 is 0 Å². The molecule has 5 heteroatoms. The number of aromatic nitrogens is 2. The van der Waals surface area contributed by atoms with Gasteiger partial charge in [-0.1, -0.05) is 6.92 Å². The van der Waals surface area contributed by atoms with Crippen LogP contribution in [0, 0.1) is 12.8 Å². The van der Waals surface area contributed by atoms with Gasteiger partial charge in [0.1, 0.15) is 17.5 Å². The molecular formula is C15H26N4O. The molecule has 0 spiro atoms. The molecule has 0 aromatic carbocycles. The van der Waals surface area contributed by atoms with Crippen molar-refractivity contribution in [3.05, 3.63) is 11.4 Å². The lowest BCUT2D eigenvalue weighted by molar-refractivity contribution is 0.0595. The molecule has 20 heavy (non-hydrogen) atoms. The number of hydrogen-bond donors (Lipinski definition) is 2. The van der Waals surface area contributed by atoms with Gasteiger partial charge >= 0.3 is 0 Å². The highest BCUT2D eigenvalue weighted by molar-refractivity contribution is 5.57. The molecule has 2 N–H and O–H groups in total. The van der Waals surface area contributed by atoms with Gasteiger partial charge in [0.15, 0.2) is 0 Å². The second-order valence-electron chi connectivity index (χ2n) is 5.43. The quantitative estimate of drug-likeness (QED) is 0.837. The van der Waals surface area contributed by atoms with E-state index in [0.29, 0.717) is 5.92 Å². The van der Waals surface area contributed by atoms with Gasteiger partial charge in [0.05, 0.1) is 6.61 Å². The Balaban J connectivity index is 2.06. The van der Waals surface area contributed by atoms with Gasteiger partial charge < -0.3 is 15.4 Å². The molecule has 112 valence electrons. The maximum atomic E-state index is 5.52. The molecule has 0 bridgehead atoms. The van der Waals surface area contributed by atoms with Crippen LogP contribution in [0.4, 0.5) is 11.6 Å². The highest BCUT2D eigenvalue weighted by Crippen LogP contribution is 2.21. The number of ether oxygens (including phenoxy) is 1. The van der Waals surface area contributed by atoms with Crippen LogP contribution in [-0.2, 0) is 11.2 Å². The van der Waals surface area contributed by atoms with E-state index >= 15 is 0 Å². The molecule has 5 nitrogen and oxygen atoms in total. The van der Waals surface area contributed by atoms with Crippen molar-refractivity contribution in [2.75, 3.05) is 37.4 Å². The number of nitrogens with one attached hydrogen (secondary N) is 2. The Labute approximate surface area is 121 Å². The lowest BCUT2D eigenvalue weighted by Crippen LogP contribution is -2.25. The normalized spacial score (nSPS) is 18.9. The highest BCUT2D eigenvalue weighted by Gasteiger charge is 2.15. The van der Waals surface area contributed by atoms with Crippen molar-refractivity contribution in [1.82, 2.24) is 9.97 Å². The first kappa shape index (κ1) is 15.0. The monoisotopic (exact) mass is 278 g/mol. The second-order valence-corrected chi connectivity index (χ2v) is 5.43. The maximum Gasteiger partial charge on any atom is 0.134 e. The van der Waals surface area contributed by atoms with E-state index in [2.05, 4.69) is 34.4 Å². The molecule has 1 aromatic heterocycles. The van der Waals surface area contributed by atoms with Crippen molar-refractivity contribution in [3.63, 3.8) is 0 Å². The smallest absolute Gasteiger partial charge is 0.134 e. The summed E-state index contributed by atoms with van der Waals surface area (Å²) < 4.78 is 5.52. The molecular weight excluding hydrogens is 252 g/mol. The molecule has 1 atom stereocenters. The Hall–Kier alpha value is -1.36. The Bertz CT molecular complexity index is 430. The van der Waals surface area contributed by atoms with Gasteiger partial charge in [0.2, 0.25) is 0 Å². The van der Waals surface area contributed by atoms with Crippen molar-refractivity contribution < 1.29 is 4.74 Å². The SMILES string of the molecule is CCCc1nc(NC)c(C)c(NCC2CCCOC2)n1. The number of nitrogens with zero attached hydrogens (tertiary/aromatic N) is 2. The van der Waals surface area contributed by atoms with E-state index < -0.39 is 0 Å².